The number of hydrogen-bond acceptors (Lipinski definition) is 1. The molecule has 2 rings (SSSR count). The van der Waals surface area contributed by atoms with Crippen molar-refractivity contribution in [3.8, 4) is 11.1 Å². The lowest BCUT2D eigenvalue weighted by atomic mass is 10.0. The normalized spacial score (nSPS) is 12.3. The molecule has 0 aliphatic heterocycles. The average molecular weight is 300 g/mol. The molecule has 3 nitrogen and oxygen atoms in total. The highest BCUT2D eigenvalue weighted by Gasteiger charge is 2.05. The first-order chi connectivity index (χ1) is 10.2. The predicted octanol–water partition coefficient (Wildman–Crippen LogP) is 3.93. The van der Waals surface area contributed by atoms with Gasteiger partial charge in [-0.25, -0.2) is 4.99 Å². The van der Waals surface area contributed by atoms with E-state index in [0.717, 1.165) is 11.1 Å². The quantitative estimate of drug-likeness (QED) is 0.520. The zero-order valence-corrected chi connectivity index (χ0v) is 12.9. The van der Waals surface area contributed by atoms with E-state index in [1.807, 2.05) is 44.3 Å². The summed E-state index contributed by atoms with van der Waals surface area (Å²) in [4.78, 5) is 8.38. The van der Waals surface area contributed by atoms with Crippen LogP contribution in [0.5, 0.6) is 0 Å². The molecule has 0 aliphatic carbocycles. The van der Waals surface area contributed by atoms with Gasteiger partial charge in [0.2, 0.25) is 5.29 Å². The van der Waals surface area contributed by atoms with E-state index in [2.05, 4.69) is 39.6 Å². The molecule has 0 aromatic heterocycles. The Kier molecular flexibility index (Phi) is 5.52. The van der Waals surface area contributed by atoms with Gasteiger partial charge in [0.05, 0.1) is 0 Å². The first-order valence-electron chi connectivity index (χ1n) is 6.87. The molecular formula is C17H18ClN3. The molecule has 0 fully saturated rings. The van der Waals surface area contributed by atoms with Crippen LogP contribution in [-0.4, -0.2) is 24.7 Å². The second-order valence-electron chi connectivity index (χ2n) is 4.40. The highest BCUT2D eigenvalue weighted by Crippen LogP contribution is 2.20. The van der Waals surface area contributed by atoms with Gasteiger partial charge < -0.3 is 5.32 Å². The van der Waals surface area contributed by atoms with Gasteiger partial charge in [-0.3, -0.25) is 4.99 Å². The van der Waals surface area contributed by atoms with Crippen molar-refractivity contribution in [2.75, 3.05) is 13.6 Å². The third-order valence-electron chi connectivity index (χ3n) is 2.97. The van der Waals surface area contributed by atoms with E-state index in [9.17, 15) is 0 Å². The number of aliphatic imine (C=N–C) groups is 2. The number of halogens is 1. The Morgan fingerprint density at radius 2 is 1.76 bits per heavy atom. The maximum Gasteiger partial charge on any atom is 0.219 e. The molecule has 0 bridgehead atoms. The second kappa shape index (κ2) is 7.60. The second-order valence-corrected chi connectivity index (χ2v) is 4.74. The van der Waals surface area contributed by atoms with Crippen molar-refractivity contribution in [1.82, 2.24) is 5.32 Å². The number of nitrogens with one attached hydrogen (secondary N) is 1. The van der Waals surface area contributed by atoms with Gasteiger partial charge in [0.15, 0.2) is 0 Å². The average Bonchev–Trinajstić information content (AvgIpc) is 2.54. The van der Waals surface area contributed by atoms with Crippen molar-refractivity contribution < 1.29 is 0 Å². The maximum absolute atomic E-state index is 5.98. The molecule has 0 radical (unpaired) electrons. The third kappa shape index (κ3) is 4.17. The Hall–Kier alpha value is -2.13. The Labute approximate surface area is 130 Å². The highest BCUT2D eigenvalue weighted by molar-refractivity contribution is 6.65. The molecule has 0 saturated carbocycles. The maximum atomic E-state index is 5.98. The van der Waals surface area contributed by atoms with Gasteiger partial charge in [-0.1, -0.05) is 48.5 Å². The van der Waals surface area contributed by atoms with Crippen molar-refractivity contribution in [2.24, 2.45) is 9.98 Å². The summed E-state index contributed by atoms with van der Waals surface area (Å²) in [5.41, 5.74) is 3.28. The number of rotatable bonds is 3. The number of nitrogens with zero attached hydrogens (tertiary/aromatic N) is 2. The summed E-state index contributed by atoms with van der Waals surface area (Å²) in [5, 5.41) is 3.33. The van der Waals surface area contributed by atoms with Crippen LogP contribution in [0.25, 0.3) is 11.1 Å². The number of hydrogen-bond donors (Lipinski definition) is 1. The molecule has 108 valence electrons. The lowest BCUT2D eigenvalue weighted by Crippen LogP contribution is -2.20. The fourth-order valence-corrected chi connectivity index (χ4v) is 2.20. The Morgan fingerprint density at radius 3 is 2.43 bits per heavy atom. The summed E-state index contributed by atoms with van der Waals surface area (Å²) >= 11 is 5.98. The van der Waals surface area contributed by atoms with E-state index in [4.69, 9.17) is 11.6 Å². The summed E-state index contributed by atoms with van der Waals surface area (Å²) in [6.45, 7) is 2.54. The van der Waals surface area contributed by atoms with Crippen molar-refractivity contribution in [3.63, 3.8) is 0 Å². The summed E-state index contributed by atoms with van der Waals surface area (Å²) < 4.78 is 0. The van der Waals surface area contributed by atoms with Gasteiger partial charge in [0, 0.05) is 19.2 Å². The molecule has 2 aromatic carbocycles. The minimum atomic E-state index is 0.256. The van der Waals surface area contributed by atoms with Crippen LogP contribution in [0.2, 0.25) is 0 Å². The van der Waals surface area contributed by atoms with Gasteiger partial charge in [-0.2, -0.15) is 0 Å². The smallest absolute Gasteiger partial charge is 0.219 e. The number of benzene rings is 2. The molecule has 0 spiro atoms. The molecule has 0 saturated heterocycles. The van der Waals surface area contributed by atoms with Crippen LogP contribution in [0, 0.1) is 0 Å². The Balaban J connectivity index is 2.38. The lowest BCUT2D eigenvalue weighted by Gasteiger charge is -2.08. The van der Waals surface area contributed by atoms with Gasteiger partial charge in [-0.15, -0.1) is 0 Å². The monoisotopic (exact) mass is 299 g/mol. The first kappa shape index (κ1) is 15.3. The summed E-state index contributed by atoms with van der Waals surface area (Å²) in [7, 11) is 1.82. The molecule has 0 amide bonds. The van der Waals surface area contributed by atoms with E-state index in [0.29, 0.717) is 12.4 Å². The standard InChI is InChI=1S/C17H18ClN3/c1-3-20-17(18)21-16(19-2)15-11-7-10-14(12-15)13-8-5-4-6-9-13/h4-12H,3H2,1-2H3,(H,19,20,21). The highest BCUT2D eigenvalue weighted by atomic mass is 35.5. The van der Waals surface area contributed by atoms with E-state index >= 15 is 0 Å². The SMILES string of the molecule is CC/N=C(Cl)\N=C(/NC)c1cccc(-c2ccccc2)c1. The molecule has 4 heteroatoms. The van der Waals surface area contributed by atoms with E-state index in [1.54, 1.807) is 0 Å². The van der Waals surface area contributed by atoms with E-state index in [1.165, 1.54) is 5.56 Å². The Bertz CT molecular complexity index is 648. The van der Waals surface area contributed by atoms with Crippen LogP contribution in [-0.2, 0) is 0 Å². The summed E-state index contributed by atoms with van der Waals surface area (Å²) in [6, 6.07) is 18.4. The lowest BCUT2D eigenvalue weighted by molar-refractivity contribution is 1.12. The van der Waals surface area contributed by atoms with Crippen LogP contribution >= 0.6 is 11.6 Å². The molecule has 0 heterocycles. The van der Waals surface area contributed by atoms with Gasteiger partial charge >= 0.3 is 0 Å². The van der Waals surface area contributed by atoms with E-state index in [-0.39, 0.29) is 5.29 Å². The van der Waals surface area contributed by atoms with Crippen molar-refractivity contribution >= 4 is 22.7 Å². The zero-order valence-electron chi connectivity index (χ0n) is 12.2. The number of amidine groups is 2. The largest absolute Gasteiger partial charge is 0.373 e. The minimum absolute atomic E-state index is 0.256. The van der Waals surface area contributed by atoms with Crippen molar-refractivity contribution in [2.45, 2.75) is 6.92 Å². The van der Waals surface area contributed by atoms with Crippen LogP contribution in [0.3, 0.4) is 0 Å². The molecule has 0 unspecified atom stereocenters. The molecule has 1 N–H and O–H groups in total. The summed E-state index contributed by atoms with van der Waals surface area (Å²) in [6.07, 6.45) is 0. The molecule has 2 aromatic rings. The fourth-order valence-electron chi connectivity index (χ4n) is 2.00. The van der Waals surface area contributed by atoms with Crippen molar-refractivity contribution in [1.29, 1.82) is 0 Å². The van der Waals surface area contributed by atoms with Crippen LogP contribution in [0.4, 0.5) is 0 Å². The first-order valence-corrected chi connectivity index (χ1v) is 7.24. The van der Waals surface area contributed by atoms with Crippen LogP contribution in [0.1, 0.15) is 12.5 Å². The predicted molar refractivity (Wildman–Crippen MR) is 91.3 cm³/mol. The molecule has 0 atom stereocenters. The van der Waals surface area contributed by atoms with Crippen molar-refractivity contribution in [3.05, 3.63) is 60.2 Å². The fraction of sp³-hybridized carbons (Fsp3) is 0.176. The minimum Gasteiger partial charge on any atom is -0.373 e. The van der Waals surface area contributed by atoms with Gasteiger partial charge in [0.25, 0.3) is 0 Å². The van der Waals surface area contributed by atoms with Gasteiger partial charge in [-0.05, 0) is 35.7 Å². The molecule has 0 aliphatic rings. The molecule has 21 heavy (non-hydrogen) atoms. The van der Waals surface area contributed by atoms with Gasteiger partial charge in [0.1, 0.15) is 5.84 Å². The van der Waals surface area contributed by atoms with Crippen LogP contribution < -0.4 is 5.32 Å². The topological polar surface area (TPSA) is 36.8 Å². The zero-order chi connectivity index (χ0) is 15.1. The van der Waals surface area contributed by atoms with Crippen LogP contribution in [0.15, 0.2) is 64.6 Å². The van der Waals surface area contributed by atoms with E-state index < -0.39 is 0 Å². The molecular weight excluding hydrogens is 282 g/mol. The Morgan fingerprint density at radius 1 is 1.05 bits per heavy atom. The summed E-state index contributed by atoms with van der Waals surface area (Å²) in [5.74, 6) is 0.704. The third-order valence-corrected chi connectivity index (χ3v) is 3.18.